The second kappa shape index (κ2) is 5.19. The number of nitrogen functional groups attached to an aromatic ring is 1. The van der Waals surface area contributed by atoms with Gasteiger partial charge in [0.25, 0.3) is 0 Å². The molecule has 1 fully saturated rings. The van der Waals surface area contributed by atoms with E-state index in [-0.39, 0.29) is 5.95 Å². The van der Waals surface area contributed by atoms with Gasteiger partial charge in [-0.15, -0.1) is 0 Å². The zero-order valence-corrected chi connectivity index (χ0v) is 12.2. The van der Waals surface area contributed by atoms with Crippen LogP contribution in [-0.4, -0.2) is 34.6 Å². The van der Waals surface area contributed by atoms with E-state index in [1.807, 2.05) is 6.92 Å². The van der Waals surface area contributed by atoms with Crippen molar-refractivity contribution in [1.82, 2.24) is 15.0 Å². The first-order valence-corrected chi connectivity index (χ1v) is 6.79. The van der Waals surface area contributed by atoms with Crippen LogP contribution in [0.1, 0.15) is 34.1 Å². The van der Waals surface area contributed by atoms with E-state index in [0.717, 1.165) is 19.5 Å². The number of hydrogen-bond acceptors (Lipinski definition) is 6. The fraction of sp³-hybridized carbons (Fsp3) is 0.769. The fourth-order valence-electron chi connectivity index (χ4n) is 2.34. The van der Waals surface area contributed by atoms with Crippen molar-refractivity contribution in [3.8, 4) is 6.01 Å². The Balaban J connectivity index is 2.15. The number of hydrogen-bond donors (Lipinski definition) is 1. The predicted molar refractivity (Wildman–Crippen MR) is 75.2 cm³/mol. The molecule has 0 aromatic carbocycles. The van der Waals surface area contributed by atoms with E-state index in [1.165, 1.54) is 0 Å². The van der Waals surface area contributed by atoms with Gasteiger partial charge in [0, 0.05) is 13.1 Å². The molecule has 6 nitrogen and oxygen atoms in total. The van der Waals surface area contributed by atoms with Crippen LogP contribution in [-0.2, 0) is 0 Å². The lowest BCUT2D eigenvalue weighted by Gasteiger charge is -2.26. The summed E-state index contributed by atoms with van der Waals surface area (Å²) >= 11 is 0. The van der Waals surface area contributed by atoms with Crippen molar-refractivity contribution in [3.05, 3.63) is 0 Å². The summed E-state index contributed by atoms with van der Waals surface area (Å²) in [5.74, 6) is 1.48. The summed E-state index contributed by atoms with van der Waals surface area (Å²) in [6, 6.07) is 0.309. The fourth-order valence-corrected chi connectivity index (χ4v) is 2.34. The van der Waals surface area contributed by atoms with Crippen LogP contribution in [0, 0.1) is 11.3 Å². The van der Waals surface area contributed by atoms with Crippen molar-refractivity contribution in [3.63, 3.8) is 0 Å². The molecule has 0 radical (unpaired) electrons. The zero-order chi connectivity index (χ0) is 14.0. The maximum Gasteiger partial charge on any atom is 0.323 e. The molecule has 1 aromatic rings. The van der Waals surface area contributed by atoms with Crippen LogP contribution in [0.15, 0.2) is 0 Å². The van der Waals surface area contributed by atoms with Crippen molar-refractivity contribution >= 4 is 11.9 Å². The Labute approximate surface area is 114 Å². The van der Waals surface area contributed by atoms with Gasteiger partial charge in [-0.05, 0) is 24.7 Å². The average Bonchev–Trinajstić information content (AvgIpc) is 2.77. The average molecular weight is 265 g/mol. The maximum absolute atomic E-state index is 5.71. The first-order chi connectivity index (χ1) is 8.90. The van der Waals surface area contributed by atoms with Gasteiger partial charge >= 0.3 is 6.01 Å². The van der Waals surface area contributed by atoms with Gasteiger partial charge in [0.05, 0.1) is 6.61 Å². The molecular formula is C13H23N5O. The minimum atomic E-state index is 0.215. The molecule has 2 rings (SSSR count). The highest BCUT2D eigenvalue weighted by atomic mass is 16.5. The number of aromatic nitrogens is 3. The van der Waals surface area contributed by atoms with Crippen molar-refractivity contribution in [2.45, 2.75) is 34.1 Å². The van der Waals surface area contributed by atoms with E-state index in [9.17, 15) is 0 Å². The zero-order valence-electron chi connectivity index (χ0n) is 12.2. The molecule has 1 atom stereocenters. The van der Waals surface area contributed by atoms with Gasteiger partial charge in [0.2, 0.25) is 11.9 Å². The highest BCUT2D eigenvalue weighted by Gasteiger charge is 2.33. The van der Waals surface area contributed by atoms with Gasteiger partial charge in [-0.1, -0.05) is 20.8 Å². The quantitative estimate of drug-likeness (QED) is 0.896. The molecule has 0 aliphatic carbocycles. The summed E-state index contributed by atoms with van der Waals surface area (Å²) in [6.45, 7) is 11.1. The Hall–Kier alpha value is -1.59. The molecule has 1 aliphatic rings. The van der Waals surface area contributed by atoms with Crippen LogP contribution >= 0.6 is 0 Å². The number of anilines is 2. The lowest BCUT2D eigenvalue weighted by Crippen LogP contribution is -2.27. The molecular weight excluding hydrogens is 242 g/mol. The molecule has 1 unspecified atom stereocenters. The number of nitrogens with zero attached hydrogens (tertiary/aromatic N) is 4. The molecule has 2 N–H and O–H groups in total. The van der Waals surface area contributed by atoms with Crippen LogP contribution in [0.25, 0.3) is 0 Å². The van der Waals surface area contributed by atoms with E-state index < -0.39 is 0 Å². The van der Waals surface area contributed by atoms with Crippen LogP contribution < -0.4 is 15.4 Å². The number of ether oxygens (including phenoxy) is 1. The lowest BCUT2D eigenvalue weighted by atomic mass is 9.80. The van der Waals surface area contributed by atoms with E-state index in [1.54, 1.807) is 0 Å². The molecule has 0 amide bonds. The Morgan fingerprint density at radius 3 is 2.63 bits per heavy atom. The third-order valence-corrected chi connectivity index (χ3v) is 3.59. The largest absolute Gasteiger partial charge is 0.464 e. The van der Waals surface area contributed by atoms with Gasteiger partial charge in [-0.25, -0.2) is 0 Å². The van der Waals surface area contributed by atoms with Crippen LogP contribution in [0.2, 0.25) is 0 Å². The minimum Gasteiger partial charge on any atom is -0.464 e. The molecule has 0 spiro atoms. The Kier molecular flexibility index (Phi) is 3.78. The van der Waals surface area contributed by atoms with Gasteiger partial charge in [-0.3, -0.25) is 0 Å². The van der Waals surface area contributed by atoms with Crippen LogP contribution in [0.4, 0.5) is 11.9 Å². The highest BCUT2D eigenvalue weighted by Crippen LogP contribution is 2.34. The summed E-state index contributed by atoms with van der Waals surface area (Å²) in [4.78, 5) is 14.7. The molecule has 1 aromatic heterocycles. The molecule has 1 aliphatic heterocycles. The summed E-state index contributed by atoms with van der Waals surface area (Å²) < 4.78 is 5.31. The van der Waals surface area contributed by atoms with Crippen LogP contribution in [0.5, 0.6) is 6.01 Å². The molecule has 1 saturated heterocycles. The highest BCUT2D eigenvalue weighted by molar-refractivity contribution is 5.37. The summed E-state index contributed by atoms with van der Waals surface area (Å²) in [5, 5.41) is 0. The maximum atomic E-state index is 5.71. The SMILES string of the molecule is CCOc1nc(N)nc(N2CCC(C(C)(C)C)C2)n1. The molecule has 0 bridgehead atoms. The Morgan fingerprint density at radius 2 is 2.05 bits per heavy atom. The van der Waals surface area contributed by atoms with Crippen molar-refractivity contribution in [2.75, 3.05) is 30.3 Å². The van der Waals surface area contributed by atoms with E-state index >= 15 is 0 Å². The first kappa shape index (κ1) is 13.8. The summed E-state index contributed by atoms with van der Waals surface area (Å²) in [5.41, 5.74) is 6.01. The van der Waals surface area contributed by atoms with E-state index in [0.29, 0.717) is 29.9 Å². The first-order valence-electron chi connectivity index (χ1n) is 6.79. The molecule has 106 valence electrons. The third-order valence-electron chi connectivity index (χ3n) is 3.59. The molecule has 19 heavy (non-hydrogen) atoms. The number of rotatable bonds is 3. The van der Waals surface area contributed by atoms with Crippen molar-refractivity contribution < 1.29 is 4.74 Å². The molecule has 2 heterocycles. The summed E-state index contributed by atoms with van der Waals surface area (Å²) in [6.07, 6.45) is 1.15. The monoisotopic (exact) mass is 265 g/mol. The molecule has 6 heteroatoms. The Bertz CT molecular complexity index is 443. The van der Waals surface area contributed by atoms with Gasteiger partial charge < -0.3 is 15.4 Å². The van der Waals surface area contributed by atoms with Gasteiger partial charge in [0.15, 0.2) is 0 Å². The van der Waals surface area contributed by atoms with Crippen molar-refractivity contribution in [2.24, 2.45) is 11.3 Å². The topological polar surface area (TPSA) is 77.2 Å². The van der Waals surface area contributed by atoms with E-state index in [2.05, 4.69) is 40.6 Å². The lowest BCUT2D eigenvalue weighted by molar-refractivity contribution is 0.263. The molecule has 0 saturated carbocycles. The predicted octanol–water partition coefficient (Wildman–Crippen LogP) is 1.72. The number of nitrogens with two attached hydrogens (primary N) is 1. The van der Waals surface area contributed by atoms with Crippen LogP contribution in [0.3, 0.4) is 0 Å². The van der Waals surface area contributed by atoms with Crippen molar-refractivity contribution in [1.29, 1.82) is 0 Å². The summed E-state index contributed by atoms with van der Waals surface area (Å²) in [7, 11) is 0. The second-order valence-electron chi connectivity index (χ2n) is 6.01. The van der Waals surface area contributed by atoms with Gasteiger partial charge in [-0.2, -0.15) is 15.0 Å². The second-order valence-corrected chi connectivity index (χ2v) is 6.01. The minimum absolute atomic E-state index is 0.215. The van der Waals surface area contributed by atoms with E-state index in [4.69, 9.17) is 10.5 Å². The normalized spacial score (nSPS) is 19.8. The van der Waals surface area contributed by atoms with Gasteiger partial charge in [0.1, 0.15) is 0 Å². The standard InChI is InChI=1S/C13H23N5O/c1-5-19-12-16-10(14)15-11(17-12)18-7-6-9(8-18)13(2,3)4/h9H,5-8H2,1-4H3,(H2,14,15,16,17). The third kappa shape index (κ3) is 3.24. The smallest absolute Gasteiger partial charge is 0.323 e. The Morgan fingerprint density at radius 1 is 1.32 bits per heavy atom.